The third kappa shape index (κ3) is 17.6. The molecule has 6 N–H and O–H groups in total. The summed E-state index contributed by atoms with van der Waals surface area (Å²) in [6.45, 7) is 0.434. The predicted octanol–water partition coefficient (Wildman–Crippen LogP) is 9.90. The van der Waals surface area contributed by atoms with Crippen molar-refractivity contribution in [3.8, 4) is 0 Å². The van der Waals surface area contributed by atoms with Crippen molar-refractivity contribution in [1.82, 2.24) is 29.4 Å². The number of benzene rings is 5. The van der Waals surface area contributed by atoms with E-state index in [-0.39, 0.29) is 181 Å². The number of likely N-dealkylation sites (N-methyl/N-ethyl adjacent to an activating group) is 1. The Morgan fingerprint density at radius 2 is 0.904 bits per heavy atom. The van der Waals surface area contributed by atoms with Crippen LogP contribution in [0.15, 0.2) is 84.9 Å². The Balaban J connectivity index is 0.000000157. The number of urea groups is 1. The van der Waals surface area contributed by atoms with Gasteiger partial charge in [0.2, 0.25) is 11.8 Å². The Morgan fingerprint density at radius 3 is 1.30 bits per heavy atom. The number of fused-ring (bicyclic) bond motifs is 6. The molecule has 8 heterocycles. The largest absolute Gasteiger partial charge is 0.384 e. The molecule has 5 aromatic carbocycles. The fraction of sp³-hybridized carbons (Fsp3) is 0.500. The first-order valence-electron chi connectivity index (χ1n) is 35.0. The van der Waals surface area contributed by atoms with Gasteiger partial charge in [-0.25, -0.2) is 52.7 Å². The maximum Gasteiger partial charge on any atom is 0.327 e. The molecule has 0 aliphatic carbocycles. The molecule has 0 radical (unpaired) electrons. The van der Waals surface area contributed by atoms with Crippen LogP contribution >= 0.6 is 11.8 Å². The molecule has 0 saturated carbocycles. The summed E-state index contributed by atoms with van der Waals surface area (Å²) < 4.78 is 151. The molecular weight excluding hydrogens is 1410 g/mol. The van der Waals surface area contributed by atoms with Crippen LogP contribution in [0.2, 0.25) is 0 Å². The smallest absolute Gasteiger partial charge is 0.327 e. The fourth-order valence-corrected chi connectivity index (χ4v) is 18.3. The summed E-state index contributed by atoms with van der Waals surface area (Å²) in [5.41, 5.74) is 21.7. The minimum absolute atomic E-state index is 0.0126. The maximum atomic E-state index is 14.1. The van der Waals surface area contributed by atoms with Crippen LogP contribution in [-0.4, -0.2) is 178 Å². The first-order chi connectivity index (χ1) is 49.4. The van der Waals surface area contributed by atoms with E-state index < -0.39 is 80.3 Å². The monoisotopic (exact) mass is 1490 g/mol. The molecule has 0 aromatic heterocycles. The van der Waals surface area contributed by atoms with Gasteiger partial charge in [-0.1, -0.05) is 36.0 Å². The van der Waals surface area contributed by atoms with Crippen LogP contribution in [0.1, 0.15) is 132 Å². The second kappa shape index (κ2) is 32.9. The normalized spacial score (nSPS) is 24.4. The highest BCUT2D eigenvalue weighted by Gasteiger charge is 2.48. The molecule has 8 aliphatic rings. The van der Waals surface area contributed by atoms with Crippen LogP contribution in [0, 0.1) is 70.1 Å². The fourth-order valence-electron chi connectivity index (χ4n) is 16.5. The van der Waals surface area contributed by atoms with Crippen molar-refractivity contribution < 1.29 is 86.2 Å². The summed E-state index contributed by atoms with van der Waals surface area (Å²) in [6.07, 6.45) is 9.12. The van der Waals surface area contributed by atoms with Crippen molar-refractivity contribution in [3.05, 3.63) is 176 Å². The van der Waals surface area contributed by atoms with E-state index >= 15 is 0 Å². The highest BCUT2D eigenvalue weighted by Crippen LogP contribution is 2.44. The summed E-state index contributed by atoms with van der Waals surface area (Å²) in [7, 11) is -0.353. The number of carbonyl (C=O) groups excluding carboxylic acids is 7. The average molecular weight is 1490 g/mol. The molecule has 19 nitrogen and oxygen atoms in total. The first kappa shape index (κ1) is 77.2. The van der Waals surface area contributed by atoms with Gasteiger partial charge in [-0.2, -0.15) is 0 Å². The minimum atomic E-state index is -3.35. The Bertz CT molecular complexity index is 4150. The van der Waals surface area contributed by atoms with E-state index in [1.165, 1.54) is 21.8 Å². The SMILES string of the molecule is CN1CC(=O)N(Cc2cccc(C(=O)N3[C@@H]4CC[C@H]3CC([C@H](N)Cc3cc(F)c(F)cc3F)C4)c2)C1=O.COCCS(=O)(=O)CCC(=O)N1[C@@H]2CC[C@H]1CC([C@H](N)Cc1cc(F)c(F)cc1F)C2.N[C@H](Cc1cc(F)c(F)cc1F)C1C[C@H]2CC[C@@H](C1)N2C(=O)c1ccc(CN2C(=O)CSC2=O)cc1. The zero-order valence-electron chi connectivity index (χ0n) is 57.5. The number of nitrogens with two attached hydrogens (primary N) is 3. The van der Waals surface area contributed by atoms with E-state index in [1.807, 2.05) is 9.80 Å². The Hall–Kier alpha value is -7.90. The number of hydrogen-bond acceptors (Lipinski definition) is 14. The van der Waals surface area contributed by atoms with Gasteiger partial charge in [0.05, 0.1) is 37.0 Å². The molecule has 8 fully saturated rings. The number of sulfone groups is 1. The Kier molecular flexibility index (Phi) is 24.4. The van der Waals surface area contributed by atoms with Gasteiger partial charge in [0.25, 0.3) is 23.0 Å². The molecule has 0 spiro atoms. The number of hydrogen-bond donors (Lipinski definition) is 3. The average Bonchev–Trinajstić information content (AvgIpc) is 1.50. The summed E-state index contributed by atoms with van der Waals surface area (Å²) in [5.74, 6) is -10.3. The Labute approximate surface area is 601 Å². The van der Waals surface area contributed by atoms with Crippen LogP contribution in [0.4, 0.5) is 49.1 Å². The van der Waals surface area contributed by atoms with Gasteiger partial charge in [0, 0.05) is 104 Å². The second-order valence-electron chi connectivity index (χ2n) is 28.7. The summed E-state index contributed by atoms with van der Waals surface area (Å²) in [5, 5.41) is -0.259. The number of piperidine rings is 3. The van der Waals surface area contributed by atoms with Crippen LogP contribution in [0.3, 0.4) is 0 Å². The molecule has 560 valence electrons. The molecule has 6 bridgehead atoms. The number of halogens is 9. The molecule has 8 saturated heterocycles. The number of rotatable bonds is 21. The van der Waals surface area contributed by atoms with E-state index in [0.717, 1.165) is 74.0 Å². The lowest BCUT2D eigenvalue weighted by molar-refractivity contribution is -0.136. The lowest BCUT2D eigenvalue weighted by Gasteiger charge is -2.41. The standard InChI is InChI=1S/C27H29F3N4O3.C26H26F3N3O3S.C21H29F3N2O4S/c1-32-14-25(35)33(27(32)37)13-15-3-2-4-16(7-15)26(36)34-19-5-6-20(34)9-18(8-19)24(31)11-17-10-22(29)23(30)12-21(17)28;27-20-11-22(29)21(28)9-16(20)10-23(30)17-7-18-5-6-19(8-17)32(18)25(34)15-3-1-14(2-4-15)12-31-24(33)13-36-26(31)35;1-30-5-7-31(28,29)6-4-21(27)26-15-2-3-16(26)9-14(8-15)20(25)11-13-10-18(23)19(24)12-17(13)22/h2-4,7,10,12,18-20,24H,5-6,8-9,11,13-14,31H2,1H3;1-4,9,11,17-19,23H,5-8,10,12-13,30H2;10,12,14-16,20H,2-9,11,25H2,1H3/t18?,19-,20+,24-;17?,18-,19+,23-;14?,15-,16+,20-/m111/s1. The molecule has 30 heteroatoms. The highest BCUT2D eigenvalue weighted by atomic mass is 32.2. The highest BCUT2D eigenvalue weighted by molar-refractivity contribution is 8.14. The topological polar surface area (TPSA) is 260 Å². The summed E-state index contributed by atoms with van der Waals surface area (Å²) >= 11 is 0.989. The van der Waals surface area contributed by atoms with E-state index in [2.05, 4.69) is 0 Å². The zero-order valence-corrected chi connectivity index (χ0v) is 59.1. The van der Waals surface area contributed by atoms with Gasteiger partial charge in [-0.15, -0.1) is 0 Å². The minimum Gasteiger partial charge on any atom is -0.384 e. The van der Waals surface area contributed by atoms with Crippen LogP contribution < -0.4 is 17.2 Å². The van der Waals surface area contributed by atoms with Crippen LogP contribution in [0.5, 0.6) is 0 Å². The number of amides is 8. The third-order valence-electron chi connectivity index (χ3n) is 21.9. The van der Waals surface area contributed by atoms with Gasteiger partial charge in [-0.05, 0) is 184 Å². The molecule has 8 aliphatic heterocycles. The number of thioether (sulfide) groups is 1. The number of imide groups is 2. The predicted molar refractivity (Wildman–Crippen MR) is 367 cm³/mol. The molecule has 13 rings (SSSR count). The van der Waals surface area contributed by atoms with E-state index in [9.17, 15) is 81.5 Å². The number of nitrogens with zero attached hydrogens (tertiary/aromatic N) is 6. The molecular formula is C74H84F9N9O10S2. The van der Waals surface area contributed by atoms with E-state index in [0.29, 0.717) is 73.4 Å². The lowest BCUT2D eigenvalue weighted by Crippen LogP contribution is -2.50. The first-order valence-corrected chi connectivity index (χ1v) is 37.8. The molecule has 12 atom stereocenters. The molecule has 8 amide bonds. The number of methoxy groups -OCH3 is 1. The number of carbonyl (C=O) groups is 7. The molecule has 5 aromatic rings. The van der Waals surface area contributed by atoms with E-state index in [4.69, 9.17) is 21.9 Å². The lowest BCUT2D eigenvalue weighted by atomic mass is 9.82. The van der Waals surface area contributed by atoms with Crippen molar-refractivity contribution in [2.24, 2.45) is 35.0 Å². The molecule has 3 unspecified atom stereocenters. The van der Waals surface area contributed by atoms with Crippen molar-refractivity contribution in [2.75, 3.05) is 44.6 Å². The number of ether oxygens (including phenoxy) is 1. The summed E-state index contributed by atoms with van der Waals surface area (Å²) in [4.78, 5) is 97.0. The third-order valence-corrected chi connectivity index (χ3v) is 24.3. The van der Waals surface area contributed by atoms with E-state index in [1.54, 1.807) is 60.5 Å². The maximum absolute atomic E-state index is 14.1. The quantitative estimate of drug-likeness (QED) is 0.0351. The second-order valence-corrected chi connectivity index (χ2v) is 31.9. The van der Waals surface area contributed by atoms with Gasteiger partial charge < -0.3 is 41.5 Å². The van der Waals surface area contributed by atoms with Gasteiger partial charge in [0.1, 0.15) is 24.0 Å². The van der Waals surface area contributed by atoms with Gasteiger partial charge in [-0.3, -0.25) is 38.6 Å². The van der Waals surface area contributed by atoms with Crippen molar-refractivity contribution in [3.63, 3.8) is 0 Å². The Morgan fingerprint density at radius 1 is 0.500 bits per heavy atom. The van der Waals surface area contributed by atoms with Gasteiger partial charge in [0.15, 0.2) is 44.7 Å². The van der Waals surface area contributed by atoms with Gasteiger partial charge >= 0.3 is 6.03 Å². The zero-order chi connectivity index (χ0) is 74.7. The summed E-state index contributed by atoms with van der Waals surface area (Å²) in [6, 6.07) is 16.4. The van der Waals surface area contributed by atoms with Crippen molar-refractivity contribution in [1.29, 1.82) is 0 Å². The molecule has 104 heavy (non-hydrogen) atoms. The van der Waals surface area contributed by atoms with Crippen LogP contribution in [-0.2, 0) is 61.3 Å². The van der Waals surface area contributed by atoms with Crippen molar-refractivity contribution in [2.45, 2.75) is 170 Å². The van der Waals surface area contributed by atoms with Crippen molar-refractivity contribution >= 4 is 62.4 Å². The van der Waals surface area contributed by atoms with Crippen LogP contribution in [0.25, 0.3) is 0 Å².